The second-order valence-corrected chi connectivity index (χ2v) is 5.21. The number of nitrogens with one attached hydrogen (secondary N) is 2. The maximum atomic E-state index is 11.9. The lowest BCUT2D eigenvalue weighted by Crippen LogP contribution is -2.15. The van der Waals surface area contributed by atoms with Crippen LogP contribution in [0.3, 0.4) is 0 Å². The standard InChI is InChI=1S/C19H24N2O2/c1-3-21-18-11-10-16(19(22)23-4-2)12-17(18)14-20-13-15-8-6-5-7-9-15/h5-12,20-21H,3-4,13-14H2,1-2H3. The van der Waals surface area contributed by atoms with E-state index in [1.54, 1.807) is 6.07 Å². The molecule has 4 heteroatoms. The van der Waals surface area contributed by atoms with Crippen molar-refractivity contribution >= 4 is 11.7 Å². The quantitative estimate of drug-likeness (QED) is 0.732. The van der Waals surface area contributed by atoms with Crippen molar-refractivity contribution in [3.63, 3.8) is 0 Å². The predicted molar refractivity (Wildman–Crippen MR) is 93.5 cm³/mol. The molecule has 0 aliphatic heterocycles. The lowest BCUT2D eigenvalue weighted by Gasteiger charge is -2.13. The highest BCUT2D eigenvalue weighted by atomic mass is 16.5. The molecule has 0 aliphatic rings. The van der Waals surface area contributed by atoms with Crippen LogP contribution in [0.15, 0.2) is 48.5 Å². The van der Waals surface area contributed by atoms with E-state index in [-0.39, 0.29) is 5.97 Å². The van der Waals surface area contributed by atoms with E-state index in [1.165, 1.54) is 5.56 Å². The number of ether oxygens (including phenoxy) is 1. The molecule has 23 heavy (non-hydrogen) atoms. The van der Waals surface area contributed by atoms with Crippen molar-refractivity contribution in [1.29, 1.82) is 0 Å². The number of esters is 1. The number of rotatable bonds is 8. The molecular formula is C19H24N2O2. The Balaban J connectivity index is 2.07. The van der Waals surface area contributed by atoms with Gasteiger partial charge >= 0.3 is 5.97 Å². The van der Waals surface area contributed by atoms with E-state index in [2.05, 4.69) is 29.7 Å². The van der Waals surface area contributed by atoms with Crippen LogP contribution in [0, 0.1) is 0 Å². The third kappa shape index (κ3) is 5.11. The molecule has 2 rings (SSSR count). The van der Waals surface area contributed by atoms with Gasteiger partial charge in [-0.05, 0) is 43.2 Å². The fraction of sp³-hybridized carbons (Fsp3) is 0.316. The third-order valence-corrected chi connectivity index (χ3v) is 3.47. The van der Waals surface area contributed by atoms with Gasteiger partial charge in [-0.2, -0.15) is 0 Å². The molecule has 122 valence electrons. The van der Waals surface area contributed by atoms with Crippen LogP contribution in [0.1, 0.15) is 35.3 Å². The third-order valence-electron chi connectivity index (χ3n) is 3.47. The molecule has 0 spiro atoms. The largest absolute Gasteiger partial charge is 0.462 e. The molecule has 0 unspecified atom stereocenters. The van der Waals surface area contributed by atoms with Crippen LogP contribution >= 0.6 is 0 Å². The molecule has 0 fully saturated rings. The van der Waals surface area contributed by atoms with Crippen molar-refractivity contribution in [1.82, 2.24) is 5.32 Å². The van der Waals surface area contributed by atoms with E-state index in [4.69, 9.17) is 4.74 Å². The van der Waals surface area contributed by atoms with E-state index in [9.17, 15) is 4.79 Å². The van der Waals surface area contributed by atoms with E-state index in [0.29, 0.717) is 18.7 Å². The summed E-state index contributed by atoms with van der Waals surface area (Å²) < 4.78 is 5.08. The van der Waals surface area contributed by atoms with Crippen LogP contribution in [-0.2, 0) is 17.8 Å². The van der Waals surface area contributed by atoms with Crippen LogP contribution < -0.4 is 10.6 Å². The summed E-state index contributed by atoms with van der Waals surface area (Å²) >= 11 is 0. The minimum Gasteiger partial charge on any atom is -0.462 e. The minimum absolute atomic E-state index is 0.278. The van der Waals surface area contributed by atoms with E-state index >= 15 is 0 Å². The predicted octanol–water partition coefficient (Wildman–Crippen LogP) is 3.58. The normalized spacial score (nSPS) is 10.3. The van der Waals surface area contributed by atoms with Crippen molar-refractivity contribution in [2.45, 2.75) is 26.9 Å². The first-order valence-corrected chi connectivity index (χ1v) is 8.03. The SMILES string of the molecule is CCNc1ccc(C(=O)OCC)cc1CNCc1ccccc1. The fourth-order valence-electron chi connectivity index (χ4n) is 2.38. The first-order chi connectivity index (χ1) is 11.2. The smallest absolute Gasteiger partial charge is 0.338 e. The van der Waals surface area contributed by atoms with E-state index in [0.717, 1.165) is 24.3 Å². The molecule has 4 nitrogen and oxygen atoms in total. The zero-order valence-corrected chi connectivity index (χ0v) is 13.8. The van der Waals surface area contributed by atoms with Crippen LogP contribution in [-0.4, -0.2) is 19.1 Å². The van der Waals surface area contributed by atoms with Gasteiger partial charge in [0.25, 0.3) is 0 Å². The van der Waals surface area contributed by atoms with Gasteiger partial charge < -0.3 is 15.4 Å². The molecule has 2 N–H and O–H groups in total. The molecule has 0 radical (unpaired) electrons. The molecule has 0 amide bonds. The summed E-state index contributed by atoms with van der Waals surface area (Å²) in [6.07, 6.45) is 0. The van der Waals surface area contributed by atoms with Gasteiger partial charge in [0, 0.05) is 25.3 Å². The number of hydrogen-bond acceptors (Lipinski definition) is 4. The van der Waals surface area contributed by atoms with Crippen molar-refractivity contribution in [3.05, 3.63) is 65.2 Å². The Morgan fingerprint density at radius 1 is 1.04 bits per heavy atom. The second-order valence-electron chi connectivity index (χ2n) is 5.21. The molecule has 0 saturated heterocycles. The Morgan fingerprint density at radius 3 is 2.52 bits per heavy atom. The van der Waals surface area contributed by atoms with Gasteiger partial charge in [0.2, 0.25) is 0 Å². The fourth-order valence-corrected chi connectivity index (χ4v) is 2.38. The summed E-state index contributed by atoms with van der Waals surface area (Å²) in [6, 6.07) is 15.9. The Labute approximate surface area is 137 Å². The molecule has 0 heterocycles. The first kappa shape index (κ1) is 17.0. The monoisotopic (exact) mass is 312 g/mol. The summed E-state index contributed by atoms with van der Waals surface area (Å²) in [7, 11) is 0. The highest BCUT2D eigenvalue weighted by Crippen LogP contribution is 2.18. The van der Waals surface area contributed by atoms with Gasteiger partial charge in [-0.1, -0.05) is 30.3 Å². The summed E-state index contributed by atoms with van der Waals surface area (Å²) in [6.45, 7) is 6.56. The van der Waals surface area contributed by atoms with Gasteiger partial charge in [-0.25, -0.2) is 4.79 Å². The maximum absolute atomic E-state index is 11.9. The van der Waals surface area contributed by atoms with Crippen molar-refractivity contribution in [2.24, 2.45) is 0 Å². The minimum atomic E-state index is -0.278. The maximum Gasteiger partial charge on any atom is 0.338 e. The highest BCUT2D eigenvalue weighted by Gasteiger charge is 2.10. The lowest BCUT2D eigenvalue weighted by molar-refractivity contribution is 0.0526. The number of anilines is 1. The number of carbonyl (C=O) groups is 1. The Bertz CT molecular complexity index is 627. The molecule has 2 aromatic rings. The van der Waals surface area contributed by atoms with Crippen LogP contribution in [0.4, 0.5) is 5.69 Å². The summed E-state index contributed by atoms with van der Waals surface area (Å²) in [5.41, 5.74) is 3.93. The number of benzene rings is 2. The van der Waals surface area contributed by atoms with Gasteiger partial charge in [0.1, 0.15) is 0 Å². The number of carbonyl (C=O) groups excluding carboxylic acids is 1. The van der Waals surface area contributed by atoms with Crippen LogP contribution in [0.5, 0.6) is 0 Å². The van der Waals surface area contributed by atoms with Gasteiger partial charge in [0.15, 0.2) is 0 Å². The summed E-state index contributed by atoms with van der Waals surface area (Å²) in [4.78, 5) is 11.9. The Kier molecular flexibility index (Phi) is 6.63. The van der Waals surface area contributed by atoms with Crippen LogP contribution in [0.2, 0.25) is 0 Å². The molecule has 0 saturated carbocycles. The highest BCUT2D eigenvalue weighted by molar-refractivity contribution is 5.90. The molecule has 0 aromatic heterocycles. The average Bonchev–Trinajstić information content (AvgIpc) is 2.57. The lowest BCUT2D eigenvalue weighted by atomic mass is 10.1. The molecule has 0 aliphatic carbocycles. The van der Waals surface area contributed by atoms with Gasteiger partial charge in [-0.15, -0.1) is 0 Å². The van der Waals surface area contributed by atoms with Crippen molar-refractivity contribution in [3.8, 4) is 0 Å². The summed E-state index contributed by atoms with van der Waals surface area (Å²) in [5, 5.41) is 6.75. The molecule has 0 atom stereocenters. The van der Waals surface area contributed by atoms with Crippen LogP contribution in [0.25, 0.3) is 0 Å². The van der Waals surface area contributed by atoms with E-state index < -0.39 is 0 Å². The molecular weight excluding hydrogens is 288 g/mol. The average molecular weight is 312 g/mol. The molecule has 0 bridgehead atoms. The second kappa shape index (κ2) is 8.96. The zero-order valence-electron chi connectivity index (χ0n) is 13.8. The Morgan fingerprint density at radius 2 is 1.83 bits per heavy atom. The molecule has 2 aromatic carbocycles. The van der Waals surface area contributed by atoms with Gasteiger partial charge in [-0.3, -0.25) is 0 Å². The zero-order chi connectivity index (χ0) is 16.5. The van der Waals surface area contributed by atoms with Gasteiger partial charge in [0.05, 0.1) is 12.2 Å². The summed E-state index contributed by atoms with van der Waals surface area (Å²) in [5.74, 6) is -0.278. The van der Waals surface area contributed by atoms with Crippen molar-refractivity contribution in [2.75, 3.05) is 18.5 Å². The van der Waals surface area contributed by atoms with E-state index in [1.807, 2.05) is 37.3 Å². The van der Waals surface area contributed by atoms with Crippen molar-refractivity contribution < 1.29 is 9.53 Å². The number of hydrogen-bond donors (Lipinski definition) is 2. The topological polar surface area (TPSA) is 50.4 Å². The Hall–Kier alpha value is -2.33. The first-order valence-electron chi connectivity index (χ1n) is 8.03.